The van der Waals surface area contributed by atoms with E-state index in [-0.39, 0.29) is 10.5 Å². The van der Waals surface area contributed by atoms with Gasteiger partial charge in [0.2, 0.25) is 0 Å². The number of anilines is 2. The Kier molecular flexibility index (Phi) is 6.29. The van der Waals surface area contributed by atoms with Gasteiger partial charge in [0.05, 0.1) is 10.6 Å². The Labute approximate surface area is 191 Å². The maximum Gasteiger partial charge on any atom is 0.261 e. The van der Waals surface area contributed by atoms with Gasteiger partial charge in [0, 0.05) is 22.2 Å². The second kappa shape index (κ2) is 9.13. The van der Waals surface area contributed by atoms with E-state index in [9.17, 15) is 13.2 Å². The minimum atomic E-state index is -3.85. The van der Waals surface area contributed by atoms with Gasteiger partial charge in [-0.2, -0.15) is 0 Å². The minimum absolute atomic E-state index is 0.00186. The van der Waals surface area contributed by atoms with Gasteiger partial charge in [0.1, 0.15) is 13.2 Å². The number of hydrogen-bond donors (Lipinski definition) is 2. The van der Waals surface area contributed by atoms with Crippen molar-refractivity contribution in [1.29, 1.82) is 0 Å². The summed E-state index contributed by atoms with van der Waals surface area (Å²) in [5.41, 5.74) is 2.26. The van der Waals surface area contributed by atoms with Crippen LogP contribution in [0.3, 0.4) is 0 Å². The third kappa shape index (κ3) is 4.84. The zero-order chi connectivity index (χ0) is 22.7. The van der Waals surface area contributed by atoms with Crippen molar-refractivity contribution in [3.8, 4) is 11.5 Å². The molecule has 166 valence electrons. The Hall–Kier alpha value is -3.17. The number of fused-ring (bicyclic) bond motifs is 1. The summed E-state index contributed by atoms with van der Waals surface area (Å²) in [4.78, 5) is 13.7. The summed E-state index contributed by atoms with van der Waals surface area (Å²) in [6.45, 7) is 2.84. The van der Waals surface area contributed by atoms with Gasteiger partial charge in [-0.3, -0.25) is 9.52 Å². The van der Waals surface area contributed by atoms with Gasteiger partial charge in [0.15, 0.2) is 11.5 Å². The minimum Gasteiger partial charge on any atom is -0.486 e. The van der Waals surface area contributed by atoms with Crippen LogP contribution in [-0.2, 0) is 10.0 Å². The van der Waals surface area contributed by atoms with Gasteiger partial charge in [0.25, 0.3) is 15.9 Å². The quantitative estimate of drug-likeness (QED) is 0.514. The van der Waals surface area contributed by atoms with E-state index in [2.05, 4.69) is 10.0 Å². The molecule has 0 bridgehead atoms. The normalized spacial score (nSPS) is 12.8. The van der Waals surface area contributed by atoms with Crippen LogP contribution in [0.25, 0.3) is 0 Å². The summed E-state index contributed by atoms with van der Waals surface area (Å²) < 4.78 is 39.3. The van der Waals surface area contributed by atoms with Crippen molar-refractivity contribution in [2.45, 2.75) is 16.7 Å². The van der Waals surface area contributed by atoms with Crippen molar-refractivity contribution in [3.05, 3.63) is 71.8 Å². The van der Waals surface area contributed by atoms with Gasteiger partial charge in [-0.05, 0) is 49.6 Å². The van der Waals surface area contributed by atoms with Crippen molar-refractivity contribution in [1.82, 2.24) is 0 Å². The summed E-state index contributed by atoms with van der Waals surface area (Å²) in [5, 5.41) is 2.85. The standard InChI is InChI=1S/C23H22N2O5S2/c1-15-6-8-17(9-7-15)25-32(27,28)18-5-3-4-16(12-18)23(26)24-19-13-20-21(14-22(19)31-2)30-11-10-29-20/h3-9,12-14,25H,10-11H2,1-2H3,(H,24,26). The molecule has 0 saturated carbocycles. The summed E-state index contributed by atoms with van der Waals surface area (Å²) in [5.74, 6) is 0.765. The number of aryl methyl sites for hydroxylation is 1. The van der Waals surface area contributed by atoms with Crippen molar-refractivity contribution < 1.29 is 22.7 Å². The molecule has 0 aromatic heterocycles. The number of thioether (sulfide) groups is 1. The van der Waals surface area contributed by atoms with E-state index in [0.717, 1.165) is 10.5 Å². The number of carbonyl (C=O) groups excluding carboxylic acids is 1. The molecule has 0 radical (unpaired) electrons. The van der Waals surface area contributed by atoms with Gasteiger partial charge in [-0.15, -0.1) is 11.8 Å². The Morgan fingerprint density at radius 2 is 1.66 bits per heavy atom. The van der Waals surface area contributed by atoms with Crippen LogP contribution in [0.2, 0.25) is 0 Å². The summed E-state index contributed by atoms with van der Waals surface area (Å²) in [6, 6.07) is 16.5. The van der Waals surface area contributed by atoms with Crippen LogP contribution in [0, 0.1) is 6.92 Å². The zero-order valence-corrected chi connectivity index (χ0v) is 19.2. The zero-order valence-electron chi connectivity index (χ0n) is 17.5. The fraction of sp³-hybridized carbons (Fsp3) is 0.174. The van der Waals surface area contributed by atoms with Crippen LogP contribution in [0.4, 0.5) is 11.4 Å². The van der Waals surface area contributed by atoms with Crippen molar-refractivity contribution in [2.24, 2.45) is 0 Å². The van der Waals surface area contributed by atoms with Gasteiger partial charge in [-0.1, -0.05) is 23.8 Å². The molecule has 1 heterocycles. The monoisotopic (exact) mass is 470 g/mol. The number of hydrogen-bond acceptors (Lipinski definition) is 6. The molecule has 0 atom stereocenters. The van der Waals surface area contributed by atoms with Crippen molar-refractivity contribution >= 4 is 39.1 Å². The molecule has 0 unspecified atom stereocenters. The third-order valence-electron chi connectivity index (χ3n) is 4.82. The van der Waals surface area contributed by atoms with Crippen LogP contribution >= 0.6 is 11.8 Å². The second-order valence-corrected chi connectivity index (χ2v) is 9.68. The average molecular weight is 471 g/mol. The number of carbonyl (C=O) groups is 1. The first-order chi connectivity index (χ1) is 15.4. The Bertz CT molecular complexity index is 1260. The molecule has 0 aliphatic carbocycles. The lowest BCUT2D eigenvalue weighted by molar-refractivity contribution is 0.102. The van der Waals surface area contributed by atoms with Gasteiger partial charge < -0.3 is 14.8 Å². The molecule has 32 heavy (non-hydrogen) atoms. The molecule has 2 N–H and O–H groups in total. The molecule has 1 aliphatic rings. The fourth-order valence-corrected chi connectivity index (χ4v) is 4.83. The molecule has 0 fully saturated rings. The van der Waals surface area contributed by atoms with Crippen LogP contribution in [0.15, 0.2) is 70.5 Å². The molecule has 9 heteroatoms. The topological polar surface area (TPSA) is 93.7 Å². The maximum atomic E-state index is 12.9. The molecule has 0 spiro atoms. The first kappa shape index (κ1) is 22.0. The van der Waals surface area contributed by atoms with Crippen LogP contribution < -0.4 is 19.5 Å². The molecule has 4 rings (SSSR count). The molecular formula is C23H22N2O5S2. The number of ether oxygens (including phenoxy) is 2. The lowest BCUT2D eigenvalue weighted by Gasteiger charge is -2.21. The molecule has 0 saturated heterocycles. The number of sulfonamides is 1. The molecule has 3 aromatic carbocycles. The maximum absolute atomic E-state index is 12.9. The third-order valence-corrected chi connectivity index (χ3v) is 6.98. The second-order valence-electron chi connectivity index (χ2n) is 7.15. The van der Waals surface area contributed by atoms with Crippen molar-refractivity contribution in [3.63, 3.8) is 0 Å². The highest BCUT2D eigenvalue weighted by molar-refractivity contribution is 7.98. The Balaban J connectivity index is 1.57. The van der Waals surface area contributed by atoms with E-state index in [1.54, 1.807) is 24.3 Å². The molecular weight excluding hydrogens is 448 g/mol. The van der Waals surface area contributed by atoms with E-state index in [0.29, 0.717) is 36.1 Å². The highest BCUT2D eigenvalue weighted by Crippen LogP contribution is 2.39. The summed E-state index contributed by atoms with van der Waals surface area (Å²) in [7, 11) is -3.85. The molecule has 1 aliphatic heterocycles. The first-order valence-electron chi connectivity index (χ1n) is 9.84. The highest BCUT2D eigenvalue weighted by Gasteiger charge is 2.19. The lowest BCUT2D eigenvalue weighted by atomic mass is 10.2. The molecule has 3 aromatic rings. The average Bonchev–Trinajstić information content (AvgIpc) is 2.80. The number of nitrogens with one attached hydrogen (secondary N) is 2. The van der Waals surface area contributed by atoms with Gasteiger partial charge in [-0.25, -0.2) is 8.42 Å². The summed E-state index contributed by atoms with van der Waals surface area (Å²) >= 11 is 1.46. The number of amides is 1. The summed E-state index contributed by atoms with van der Waals surface area (Å²) in [6.07, 6.45) is 1.89. The van der Waals surface area contributed by atoms with Crippen molar-refractivity contribution in [2.75, 3.05) is 29.5 Å². The number of rotatable bonds is 6. The van der Waals surface area contributed by atoms with Crippen LogP contribution in [-0.4, -0.2) is 33.8 Å². The van der Waals surface area contributed by atoms with Crippen LogP contribution in [0.1, 0.15) is 15.9 Å². The molecule has 1 amide bonds. The van der Waals surface area contributed by atoms with E-state index in [1.807, 2.05) is 31.4 Å². The Morgan fingerprint density at radius 3 is 2.34 bits per heavy atom. The largest absolute Gasteiger partial charge is 0.486 e. The first-order valence-corrected chi connectivity index (χ1v) is 12.5. The van der Waals surface area contributed by atoms with E-state index < -0.39 is 15.9 Å². The van der Waals surface area contributed by atoms with E-state index in [4.69, 9.17) is 9.47 Å². The predicted octanol–water partition coefficient (Wildman–Crippen LogP) is 4.54. The van der Waals surface area contributed by atoms with Gasteiger partial charge >= 0.3 is 0 Å². The highest BCUT2D eigenvalue weighted by atomic mass is 32.2. The smallest absolute Gasteiger partial charge is 0.261 e. The van der Waals surface area contributed by atoms with E-state index >= 15 is 0 Å². The predicted molar refractivity (Wildman–Crippen MR) is 126 cm³/mol. The van der Waals surface area contributed by atoms with Crippen LogP contribution in [0.5, 0.6) is 11.5 Å². The molecule has 7 nitrogen and oxygen atoms in total. The van der Waals surface area contributed by atoms with E-state index in [1.165, 1.54) is 30.0 Å². The lowest BCUT2D eigenvalue weighted by Crippen LogP contribution is -2.18. The number of benzene rings is 3. The SMILES string of the molecule is CSc1cc2c(cc1NC(=O)c1cccc(S(=O)(=O)Nc3ccc(C)cc3)c1)OCCO2. The Morgan fingerprint density at radius 1 is 0.969 bits per heavy atom. The fourth-order valence-electron chi connectivity index (χ4n) is 3.17.